The van der Waals surface area contributed by atoms with Crippen LogP contribution in [0.4, 0.5) is 0 Å². The van der Waals surface area contributed by atoms with Crippen LogP contribution in [0.25, 0.3) is 0 Å². The summed E-state index contributed by atoms with van der Waals surface area (Å²) in [5.74, 6) is 0.151. The van der Waals surface area contributed by atoms with Gasteiger partial charge in [0.2, 0.25) is 0 Å². The molecule has 1 unspecified atom stereocenters. The first-order valence-corrected chi connectivity index (χ1v) is 9.27. The van der Waals surface area contributed by atoms with E-state index in [1.807, 2.05) is 13.8 Å². The zero-order valence-electron chi connectivity index (χ0n) is 13.0. The van der Waals surface area contributed by atoms with Gasteiger partial charge in [-0.2, -0.15) is 17.4 Å². The minimum Gasteiger partial charge on any atom is -0.391 e. The van der Waals surface area contributed by atoms with Gasteiger partial charge in [0.1, 0.15) is 0 Å². The van der Waals surface area contributed by atoms with E-state index < -0.39 is 16.3 Å². The van der Waals surface area contributed by atoms with Gasteiger partial charge in [0.15, 0.2) is 0 Å². The Balaban J connectivity index is 2.51. The topological polar surface area (TPSA) is 69.6 Å². The zero-order valence-corrected chi connectivity index (χ0v) is 13.8. The van der Waals surface area contributed by atoms with E-state index in [4.69, 9.17) is 0 Å². The highest BCUT2D eigenvalue weighted by molar-refractivity contribution is 7.87. The van der Waals surface area contributed by atoms with Crippen molar-refractivity contribution < 1.29 is 13.5 Å². The highest BCUT2D eigenvalue weighted by Crippen LogP contribution is 2.23. The molecule has 6 heteroatoms. The maximum atomic E-state index is 12.2. The third-order valence-corrected chi connectivity index (χ3v) is 6.12. The predicted octanol–water partition coefficient (Wildman–Crippen LogP) is 1.88. The van der Waals surface area contributed by atoms with Crippen LogP contribution in [0.15, 0.2) is 0 Å². The summed E-state index contributed by atoms with van der Waals surface area (Å²) < 4.78 is 28.5. The van der Waals surface area contributed by atoms with Crippen molar-refractivity contribution in [3.05, 3.63) is 0 Å². The summed E-state index contributed by atoms with van der Waals surface area (Å²) in [5, 5.41) is 10.0. The molecule has 120 valence electrons. The van der Waals surface area contributed by atoms with Crippen LogP contribution in [0.5, 0.6) is 0 Å². The van der Waals surface area contributed by atoms with Gasteiger partial charge in [-0.3, -0.25) is 0 Å². The molecule has 2 N–H and O–H groups in total. The summed E-state index contributed by atoms with van der Waals surface area (Å²) in [7, 11) is -1.84. The molecule has 0 aromatic carbocycles. The van der Waals surface area contributed by atoms with E-state index in [0.717, 1.165) is 38.5 Å². The Bertz CT molecular complexity index is 363. The molecule has 1 aliphatic rings. The number of nitrogens with zero attached hydrogens (tertiary/aromatic N) is 1. The van der Waals surface area contributed by atoms with E-state index in [1.54, 1.807) is 7.05 Å². The van der Waals surface area contributed by atoms with Crippen molar-refractivity contribution in [2.45, 2.75) is 70.9 Å². The fourth-order valence-electron chi connectivity index (χ4n) is 2.93. The van der Waals surface area contributed by atoms with Crippen LogP contribution in [0.3, 0.4) is 0 Å². The molecule has 1 rings (SSSR count). The van der Waals surface area contributed by atoms with E-state index in [9.17, 15) is 13.5 Å². The molecule has 0 spiro atoms. The van der Waals surface area contributed by atoms with Gasteiger partial charge in [-0.15, -0.1) is 0 Å². The van der Waals surface area contributed by atoms with Crippen LogP contribution in [-0.2, 0) is 10.2 Å². The number of aliphatic hydroxyl groups is 1. The molecule has 0 aromatic rings. The van der Waals surface area contributed by atoms with Crippen LogP contribution in [0.2, 0.25) is 0 Å². The lowest BCUT2D eigenvalue weighted by Gasteiger charge is -2.31. The monoisotopic (exact) mass is 306 g/mol. The van der Waals surface area contributed by atoms with Gasteiger partial charge in [-0.05, 0) is 18.8 Å². The molecule has 0 radical (unpaired) electrons. The van der Waals surface area contributed by atoms with Crippen LogP contribution < -0.4 is 4.72 Å². The van der Waals surface area contributed by atoms with Gasteiger partial charge in [-0.1, -0.05) is 46.0 Å². The molecule has 0 bridgehead atoms. The van der Waals surface area contributed by atoms with E-state index in [-0.39, 0.29) is 18.5 Å². The zero-order chi connectivity index (χ0) is 15.2. The average molecular weight is 306 g/mol. The van der Waals surface area contributed by atoms with E-state index in [0.29, 0.717) is 0 Å². The summed E-state index contributed by atoms with van der Waals surface area (Å²) in [6.45, 7) is 4.13. The quantitative estimate of drug-likeness (QED) is 0.719. The maximum Gasteiger partial charge on any atom is 0.279 e. The van der Waals surface area contributed by atoms with E-state index >= 15 is 0 Å². The lowest BCUT2D eigenvalue weighted by molar-refractivity contribution is 0.106. The molecular formula is C14H30N2O3S. The van der Waals surface area contributed by atoms with Crippen molar-refractivity contribution in [1.29, 1.82) is 0 Å². The van der Waals surface area contributed by atoms with Crippen LogP contribution in [0.1, 0.15) is 58.8 Å². The van der Waals surface area contributed by atoms with Gasteiger partial charge >= 0.3 is 0 Å². The molecule has 0 amide bonds. The molecule has 5 nitrogen and oxygen atoms in total. The number of rotatable bonds is 8. The highest BCUT2D eigenvalue weighted by Gasteiger charge is 2.28. The van der Waals surface area contributed by atoms with Crippen molar-refractivity contribution >= 4 is 10.2 Å². The first-order chi connectivity index (χ1) is 9.42. The Morgan fingerprint density at radius 1 is 1.20 bits per heavy atom. The second kappa shape index (κ2) is 8.32. The standard InChI is InChI=1S/C14H30N2O3S/c1-4-12(5-2)14(17)11-15-20(18,19)16(3)13-9-7-6-8-10-13/h12-15,17H,4-11H2,1-3H3. The fraction of sp³-hybridized carbons (Fsp3) is 1.00. The smallest absolute Gasteiger partial charge is 0.279 e. The lowest BCUT2D eigenvalue weighted by Crippen LogP contribution is -2.47. The largest absolute Gasteiger partial charge is 0.391 e. The molecule has 1 saturated carbocycles. The second-order valence-corrected chi connectivity index (χ2v) is 7.62. The van der Waals surface area contributed by atoms with Gasteiger partial charge < -0.3 is 5.11 Å². The molecule has 1 atom stereocenters. The molecule has 0 aliphatic heterocycles. The summed E-state index contributed by atoms with van der Waals surface area (Å²) in [5.41, 5.74) is 0. The van der Waals surface area contributed by atoms with Crippen molar-refractivity contribution in [3.63, 3.8) is 0 Å². The number of nitrogens with one attached hydrogen (secondary N) is 1. The van der Waals surface area contributed by atoms with Crippen LogP contribution in [0, 0.1) is 5.92 Å². The van der Waals surface area contributed by atoms with Crippen molar-refractivity contribution in [2.24, 2.45) is 5.92 Å². The number of hydrogen-bond donors (Lipinski definition) is 2. The fourth-order valence-corrected chi connectivity index (χ4v) is 4.12. The van der Waals surface area contributed by atoms with E-state index in [2.05, 4.69) is 4.72 Å². The number of aliphatic hydroxyl groups excluding tert-OH is 1. The maximum absolute atomic E-state index is 12.2. The third kappa shape index (κ3) is 4.98. The minimum atomic E-state index is -3.48. The summed E-state index contributed by atoms with van der Waals surface area (Å²) in [6, 6.07) is 0.103. The highest BCUT2D eigenvalue weighted by atomic mass is 32.2. The average Bonchev–Trinajstić information content (AvgIpc) is 2.46. The Kier molecular flexibility index (Phi) is 7.43. The molecule has 0 aromatic heterocycles. The van der Waals surface area contributed by atoms with Gasteiger partial charge in [0, 0.05) is 19.6 Å². The lowest BCUT2D eigenvalue weighted by atomic mass is 9.96. The number of hydrogen-bond acceptors (Lipinski definition) is 3. The van der Waals surface area contributed by atoms with Gasteiger partial charge in [-0.25, -0.2) is 0 Å². The summed E-state index contributed by atoms with van der Waals surface area (Å²) in [4.78, 5) is 0. The predicted molar refractivity (Wildman–Crippen MR) is 81.6 cm³/mol. The van der Waals surface area contributed by atoms with Crippen molar-refractivity contribution in [1.82, 2.24) is 9.03 Å². The molecular weight excluding hydrogens is 276 g/mol. The first-order valence-electron chi connectivity index (χ1n) is 7.83. The molecule has 20 heavy (non-hydrogen) atoms. The Morgan fingerprint density at radius 3 is 2.25 bits per heavy atom. The minimum absolute atomic E-state index is 0.103. The SMILES string of the molecule is CCC(CC)C(O)CNS(=O)(=O)N(C)C1CCCCC1. The van der Waals surface area contributed by atoms with Crippen molar-refractivity contribution in [2.75, 3.05) is 13.6 Å². The first kappa shape index (κ1) is 17.9. The normalized spacial score (nSPS) is 19.7. The van der Waals surface area contributed by atoms with E-state index in [1.165, 1.54) is 10.7 Å². The Morgan fingerprint density at radius 2 is 1.75 bits per heavy atom. The molecule has 0 heterocycles. The van der Waals surface area contributed by atoms with Gasteiger partial charge in [0.25, 0.3) is 10.2 Å². The summed E-state index contributed by atoms with van der Waals surface area (Å²) in [6.07, 6.45) is 6.38. The molecule has 1 aliphatic carbocycles. The van der Waals surface area contributed by atoms with Crippen LogP contribution in [-0.4, -0.2) is 43.6 Å². The Labute approximate surface area is 123 Å². The van der Waals surface area contributed by atoms with Crippen LogP contribution >= 0.6 is 0 Å². The Hall–Kier alpha value is -0.170. The second-order valence-electron chi connectivity index (χ2n) is 5.81. The molecule has 0 saturated heterocycles. The molecule has 1 fully saturated rings. The van der Waals surface area contributed by atoms with Gasteiger partial charge in [0.05, 0.1) is 6.10 Å². The summed E-state index contributed by atoms with van der Waals surface area (Å²) >= 11 is 0. The third-order valence-electron chi connectivity index (χ3n) is 4.54. The van der Waals surface area contributed by atoms with Crippen molar-refractivity contribution in [3.8, 4) is 0 Å².